The lowest BCUT2D eigenvalue weighted by molar-refractivity contribution is -0.141. The van der Waals surface area contributed by atoms with E-state index in [1.165, 1.54) is 24.3 Å². The predicted octanol–water partition coefficient (Wildman–Crippen LogP) is 6.18. The number of nitriles is 1. The summed E-state index contributed by atoms with van der Waals surface area (Å²) in [5.41, 5.74) is 4.82. The van der Waals surface area contributed by atoms with Gasteiger partial charge in [-0.1, -0.05) is 30.3 Å². The lowest BCUT2D eigenvalue weighted by Crippen LogP contribution is -2.42. The van der Waals surface area contributed by atoms with Crippen LogP contribution in [0, 0.1) is 24.1 Å². The molecule has 8 heteroatoms. The van der Waals surface area contributed by atoms with Crippen molar-refractivity contribution in [3.05, 3.63) is 118 Å². The molecule has 0 saturated heterocycles. The van der Waals surface area contributed by atoms with Crippen molar-refractivity contribution in [3.63, 3.8) is 0 Å². The first-order valence-electron chi connectivity index (χ1n) is 13.1. The summed E-state index contributed by atoms with van der Waals surface area (Å²) in [5, 5.41) is 14.7. The number of halogens is 1. The molecule has 3 aromatic carbocycles. The molecule has 0 aliphatic carbocycles. The van der Waals surface area contributed by atoms with Crippen LogP contribution in [-0.2, 0) is 16.1 Å². The largest absolute Gasteiger partial charge is 0.494 e. The fourth-order valence-corrected chi connectivity index (χ4v) is 4.77. The second kappa shape index (κ2) is 11.4. The Hall–Kier alpha value is -5.29. The summed E-state index contributed by atoms with van der Waals surface area (Å²) in [6.07, 6.45) is 3.50. The summed E-state index contributed by atoms with van der Waals surface area (Å²) in [5.74, 6) is -0.908. The van der Waals surface area contributed by atoms with Crippen molar-refractivity contribution < 1.29 is 18.7 Å². The number of carbonyl (C=O) groups excluding carboxylic acids is 2. The van der Waals surface area contributed by atoms with Gasteiger partial charge in [-0.25, -0.2) is 9.07 Å². The zero-order chi connectivity index (χ0) is 29.1. The normalized spacial score (nSPS) is 14.5. The second-order valence-corrected chi connectivity index (χ2v) is 9.62. The Kier molecular flexibility index (Phi) is 7.61. The first-order valence-corrected chi connectivity index (χ1v) is 13.1. The summed E-state index contributed by atoms with van der Waals surface area (Å²) in [4.78, 5) is 27.9. The highest BCUT2D eigenvalue weighted by Crippen LogP contribution is 2.34. The Morgan fingerprint density at radius 1 is 1.00 bits per heavy atom. The van der Waals surface area contributed by atoms with Crippen LogP contribution in [-0.4, -0.2) is 33.1 Å². The molecule has 0 unspecified atom stereocenters. The van der Waals surface area contributed by atoms with Gasteiger partial charge in [0.2, 0.25) is 0 Å². The zero-order valence-electron chi connectivity index (χ0n) is 22.9. The van der Waals surface area contributed by atoms with E-state index in [0.717, 1.165) is 27.5 Å². The molecule has 0 N–H and O–H groups in total. The summed E-state index contributed by atoms with van der Waals surface area (Å²) in [6, 6.07) is 22.8. The van der Waals surface area contributed by atoms with E-state index in [2.05, 4.69) is 0 Å². The Morgan fingerprint density at radius 3 is 2.39 bits per heavy atom. The number of aromatic nitrogens is 2. The van der Waals surface area contributed by atoms with Gasteiger partial charge in [0.15, 0.2) is 0 Å². The molecule has 0 fully saturated rings. The zero-order valence-corrected chi connectivity index (χ0v) is 22.9. The number of para-hydroxylation sites is 1. The third-order valence-corrected chi connectivity index (χ3v) is 6.91. The van der Waals surface area contributed by atoms with Crippen LogP contribution >= 0.6 is 0 Å². The molecule has 41 heavy (non-hydrogen) atoms. The fraction of sp³-hybridized carbons (Fsp3) is 0.152. The molecule has 0 spiro atoms. The summed E-state index contributed by atoms with van der Waals surface area (Å²) in [7, 11) is 0. The van der Waals surface area contributed by atoms with Crippen LogP contribution in [0.1, 0.15) is 30.5 Å². The van der Waals surface area contributed by atoms with Gasteiger partial charge < -0.3 is 4.74 Å². The smallest absolute Gasteiger partial charge is 0.271 e. The third-order valence-electron chi connectivity index (χ3n) is 6.91. The lowest BCUT2D eigenvalue weighted by atomic mass is 9.92. The molecular formula is C33H27FN4O3. The quantitative estimate of drug-likeness (QED) is 0.204. The Morgan fingerprint density at radius 2 is 1.73 bits per heavy atom. The lowest BCUT2D eigenvalue weighted by Gasteiger charge is -2.27. The molecule has 5 rings (SSSR count). The molecule has 0 bridgehead atoms. The van der Waals surface area contributed by atoms with E-state index in [-0.39, 0.29) is 17.7 Å². The molecule has 1 aromatic heterocycles. The minimum absolute atomic E-state index is 0.0954. The molecule has 2 amide bonds. The van der Waals surface area contributed by atoms with Gasteiger partial charge in [0.25, 0.3) is 11.8 Å². The highest BCUT2D eigenvalue weighted by molar-refractivity contribution is 6.19. The highest BCUT2D eigenvalue weighted by Gasteiger charge is 2.35. The Labute approximate surface area is 237 Å². The Bertz CT molecular complexity index is 1750. The molecule has 1 aliphatic rings. The fourth-order valence-electron chi connectivity index (χ4n) is 4.77. The van der Waals surface area contributed by atoms with Gasteiger partial charge >= 0.3 is 0 Å². The topological polar surface area (TPSA) is 88.2 Å². The van der Waals surface area contributed by atoms with Gasteiger partial charge in [0.05, 0.1) is 18.8 Å². The maximum Gasteiger partial charge on any atom is 0.271 e. The molecule has 7 nitrogen and oxygen atoms in total. The number of imide groups is 1. The first-order chi connectivity index (χ1) is 19.8. The number of nitrogens with zero attached hydrogens (tertiary/aromatic N) is 4. The average Bonchev–Trinajstić information content (AvgIpc) is 3.39. The monoisotopic (exact) mass is 546 g/mol. The van der Waals surface area contributed by atoms with E-state index in [0.29, 0.717) is 29.0 Å². The van der Waals surface area contributed by atoms with Crippen molar-refractivity contribution in [2.45, 2.75) is 27.3 Å². The van der Waals surface area contributed by atoms with Gasteiger partial charge in [-0.15, -0.1) is 0 Å². The molecule has 0 saturated carbocycles. The first kappa shape index (κ1) is 27.3. The van der Waals surface area contributed by atoms with Crippen LogP contribution < -0.4 is 4.74 Å². The number of hydrogen-bond acceptors (Lipinski definition) is 5. The minimum atomic E-state index is -0.681. The van der Waals surface area contributed by atoms with E-state index in [4.69, 9.17) is 9.84 Å². The van der Waals surface area contributed by atoms with Crippen molar-refractivity contribution >= 4 is 17.9 Å². The van der Waals surface area contributed by atoms with E-state index >= 15 is 0 Å². The van der Waals surface area contributed by atoms with Gasteiger partial charge in [-0.3, -0.25) is 14.5 Å². The van der Waals surface area contributed by atoms with Crippen LogP contribution in [0.5, 0.6) is 5.75 Å². The van der Waals surface area contributed by atoms with Crippen LogP contribution in [0.2, 0.25) is 0 Å². The predicted molar refractivity (Wildman–Crippen MR) is 153 cm³/mol. The Balaban J connectivity index is 1.65. The summed E-state index contributed by atoms with van der Waals surface area (Å²) >= 11 is 0. The van der Waals surface area contributed by atoms with Crippen molar-refractivity contribution in [3.8, 4) is 28.8 Å². The molecule has 2 heterocycles. The molecule has 204 valence electrons. The SMILES string of the molecule is CCOc1ccc(-c2nn(-c3ccccc3)cc2/C=C2/C(=O)N(Cc3ccc(F)cc3)C(=O)C(C#N)=C2C)c(C)c1. The maximum atomic E-state index is 13.8. The molecule has 0 atom stereocenters. The van der Waals surface area contributed by atoms with Crippen LogP contribution in [0.25, 0.3) is 23.0 Å². The minimum Gasteiger partial charge on any atom is -0.494 e. The van der Waals surface area contributed by atoms with Crippen molar-refractivity contribution in [1.82, 2.24) is 14.7 Å². The van der Waals surface area contributed by atoms with Crippen molar-refractivity contribution in [2.75, 3.05) is 6.61 Å². The number of aryl methyl sites for hydroxylation is 1. The molecule has 4 aromatic rings. The number of benzene rings is 3. The average molecular weight is 547 g/mol. The van der Waals surface area contributed by atoms with E-state index in [9.17, 15) is 19.2 Å². The van der Waals surface area contributed by atoms with Gasteiger partial charge in [0, 0.05) is 22.9 Å². The van der Waals surface area contributed by atoms with Gasteiger partial charge in [-0.2, -0.15) is 10.4 Å². The van der Waals surface area contributed by atoms with E-state index in [1.54, 1.807) is 17.7 Å². The molecule has 1 aliphatic heterocycles. The number of ether oxygens (including phenoxy) is 1. The van der Waals surface area contributed by atoms with E-state index in [1.807, 2.05) is 74.6 Å². The highest BCUT2D eigenvalue weighted by atomic mass is 19.1. The molecular weight excluding hydrogens is 519 g/mol. The van der Waals surface area contributed by atoms with Crippen LogP contribution in [0.4, 0.5) is 4.39 Å². The standard InChI is InChI=1S/C33H27FN4O3/c1-4-41-27-14-15-28(21(2)16-27)31-24(20-38(36-31)26-8-6-5-7-9-26)17-29-22(3)30(18-35)33(40)37(32(29)39)19-23-10-12-25(34)13-11-23/h5-17,20H,4,19H2,1-3H3/b29-17+. The second-order valence-electron chi connectivity index (χ2n) is 9.62. The third kappa shape index (κ3) is 5.43. The number of amides is 2. The van der Waals surface area contributed by atoms with Crippen molar-refractivity contribution in [2.24, 2.45) is 0 Å². The summed E-state index contributed by atoms with van der Waals surface area (Å²) in [6.45, 7) is 5.93. The molecule has 0 radical (unpaired) electrons. The summed E-state index contributed by atoms with van der Waals surface area (Å²) < 4.78 is 20.8. The van der Waals surface area contributed by atoms with Gasteiger partial charge in [0.1, 0.15) is 28.9 Å². The van der Waals surface area contributed by atoms with Crippen LogP contribution in [0.3, 0.4) is 0 Å². The van der Waals surface area contributed by atoms with Gasteiger partial charge in [-0.05, 0) is 86.0 Å². The maximum absolute atomic E-state index is 13.8. The number of hydrogen-bond donors (Lipinski definition) is 0. The van der Waals surface area contributed by atoms with Crippen molar-refractivity contribution in [1.29, 1.82) is 5.26 Å². The number of rotatable bonds is 7. The van der Waals surface area contributed by atoms with E-state index < -0.39 is 17.6 Å². The number of carbonyl (C=O) groups is 2. The van der Waals surface area contributed by atoms with Crippen LogP contribution in [0.15, 0.2) is 95.7 Å².